The quantitative estimate of drug-likeness (QED) is 0.918. The zero-order valence-corrected chi connectivity index (χ0v) is 12.9. The lowest BCUT2D eigenvalue weighted by molar-refractivity contribution is -0.141. The third kappa shape index (κ3) is 3.64. The number of hydrogen-bond acceptors (Lipinski definition) is 4. The molecular weight excluding hydrogens is 298 g/mol. The Hall–Kier alpha value is -2.08. The Balaban J connectivity index is 1.64. The van der Waals surface area contributed by atoms with Gasteiger partial charge in [-0.1, -0.05) is 0 Å². The highest BCUT2D eigenvalue weighted by molar-refractivity contribution is 5.97. The Bertz CT molecular complexity index is 565. The van der Waals surface area contributed by atoms with Gasteiger partial charge in [-0.2, -0.15) is 0 Å². The fourth-order valence-electron chi connectivity index (χ4n) is 3.09. The molecule has 6 nitrogen and oxygen atoms in total. The summed E-state index contributed by atoms with van der Waals surface area (Å²) in [5.74, 6) is -0.438. The number of ether oxygens (including phenoxy) is 2. The van der Waals surface area contributed by atoms with Gasteiger partial charge in [-0.15, -0.1) is 0 Å². The molecule has 1 unspecified atom stereocenters. The standard InChI is InChI=1S/C17H21NO5/c19-16(18-9-1-2-15(18)17(20)21)12-3-5-13(6-4-12)23-14-7-10-22-11-8-14/h3-6,14-15H,1-2,7-11H2,(H,20,21). The number of nitrogens with zero attached hydrogens (tertiary/aromatic N) is 1. The topological polar surface area (TPSA) is 76.1 Å². The summed E-state index contributed by atoms with van der Waals surface area (Å²) in [5.41, 5.74) is 0.498. The summed E-state index contributed by atoms with van der Waals surface area (Å²) in [6, 6.07) is 6.24. The number of likely N-dealkylation sites (tertiary alicyclic amines) is 1. The van der Waals surface area contributed by atoms with Crippen LogP contribution in [0.5, 0.6) is 5.75 Å². The van der Waals surface area contributed by atoms with Gasteiger partial charge in [-0.05, 0) is 37.1 Å². The molecule has 1 amide bonds. The largest absolute Gasteiger partial charge is 0.490 e. The molecule has 2 aliphatic heterocycles. The van der Waals surface area contributed by atoms with Crippen molar-refractivity contribution < 1.29 is 24.2 Å². The van der Waals surface area contributed by atoms with E-state index in [1.807, 2.05) is 0 Å². The predicted octanol–water partition coefficient (Wildman–Crippen LogP) is 1.93. The lowest BCUT2D eigenvalue weighted by Crippen LogP contribution is -2.40. The first-order chi connectivity index (χ1) is 11.1. The Labute approximate surface area is 135 Å². The van der Waals surface area contributed by atoms with Gasteiger partial charge in [-0.3, -0.25) is 4.79 Å². The van der Waals surface area contributed by atoms with Gasteiger partial charge in [0.1, 0.15) is 17.9 Å². The molecule has 0 aliphatic carbocycles. The van der Waals surface area contributed by atoms with Crippen LogP contribution in [0.3, 0.4) is 0 Å². The van der Waals surface area contributed by atoms with Crippen molar-refractivity contribution in [3.05, 3.63) is 29.8 Å². The molecule has 2 saturated heterocycles. The number of hydrogen-bond donors (Lipinski definition) is 1. The Morgan fingerprint density at radius 1 is 1.13 bits per heavy atom. The number of amides is 1. The molecule has 2 aliphatic rings. The number of carboxylic acid groups (broad SMARTS) is 1. The maximum atomic E-state index is 12.5. The number of carbonyl (C=O) groups is 2. The Morgan fingerprint density at radius 2 is 1.83 bits per heavy atom. The molecule has 23 heavy (non-hydrogen) atoms. The highest BCUT2D eigenvalue weighted by atomic mass is 16.5. The van der Waals surface area contributed by atoms with Crippen LogP contribution in [0.4, 0.5) is 0 Å². The van der Waals surface area contributed by atoms with Gasteiger partial charge in [0.2, 0.25) is 0 Å². The van der Waals surface area contributed by atoms with Crippen LogP contribution in [-0.4, -0.2) is 53.8 Å². The average molecular weight is 319 g/mol. The molecule has 124 valence electrons. The third-order valence-corrected chi connectivity index (χ3v) is 4.37. The molecule has 0 radical (unpaired) electrons. The SMILES string of the molecule is O=C(O)C1CCCN1C(=O)c1ccc(OC2CCOCC2)cc1. The summed E-state index contributed by atoms with van der Waals surface area (Å²) in [6.07, 6.45) is 3.14. The summed E-state index contributed by atoms with van der Waals surface area (Å²) in [7, 11) is 0. The highest BCUT2D eigenvalue weighted by Crippen LogP contribution is 2.23. The van der Waals surface area contributed by atoms with Gasteiger partial charge >= 0.3 is 5.97 Å². The molecule has 2 fully saturated rings. The lowest BCUT2D eigenvalue weighted by Gasteiger charge is -2.24. The normalized spacial score (nSPS) is 22.1. The van der Waals surface area contributed by atoms with Crippen molar-refractivity contribution in [2.45, 2.75) is 37.8 Å². The van der Waals surface area contributed by atoms with Crippen LogP contribution in [0.2, 0.25) is 0 Å². The van der Waals surface area contributed by atoms with Crippen molar-refractivity contribution in [1.29, 1.82) is 0 Å². The van der Waals surface area contributed by atoms with Crippen LogP contribution in [-0.2, 0) is 9.53 Å². The van der Waals surface area contributed by atoms with Crippen molar-refractivity contribution in [1.82, 2.24) is 4.90 Å². The second-order valence-electron chi connectivity index (χ2n) is 5.95. The Kier molecular flexibility index (Phi) is 4.81. The maximum absolute atomic E-state index is 12.5. The molecule has 3 rings (SSSR count). The van der Waals surface area contributed by atoms with Gasteiger partial charge in [0, 0.05) is 24.9 Å². The van der Waals surface area contributed by atoms with Crippen LogP contribution < -0.4 is 4.74 Å². The second kappa shape index (κ2) is 7.00. The summed E-state index contributed by atoms with van der Waals surface area (Å²) >= 11 is 0. The number of aliphatic carboxylic acids is 1. The maximum Gasteiger partial charge on any atom is 0.326 e. The predicted molar refractivity (Wildman–Crippen MR) is 82.6 cm³/mol. The minimum Gasteiger partial charge on any atom is -0.490 e. The minimum atomic E-state index is -0.935. The number of benzene rings is 1. The molecule has 1 aromatic carbocycles. The van der Waals surface area contributed by atoms with Crippen LogP contribution in [0, 0.1) is 0 Å². The molecule has 0 saturated carbocycles. The van der Waals surface area contributed by atoms with Gasteiger partial charge in [0.05, 0.1) is 13.2 Å². The molecular formula is C17H21NO5. The van der Waals surface area contributed by atoms with Gasteiger partial charge in [0.15, 0.2) is 0 Å². The molecule has 2 heterocycles. The van der Waals surface area contributed by atoms with E-state index in [2.05, 4.69) is 0 Å². The Morgan fingerprint density at radius 3 is 2.48 bits per heavy atom. The minimum absolute atomic E-state index is 0.153. The van der Waals surface area contributed by atoms with Crippen molar-refractivity contribution >= 4 is 11.9 Å². The summed E-state index contributed by atoms with van der Waals surface area (Å²) in [6.45, 7) is 1.93. The smallest absolute Gasteiger partial charge is 0.326 e. The van der Waals surface area contributed by atoms with E-state index in [9.17, 15) is 14.7 Å². The first-order valence-electron chi connectivity index (χ1n) is 8.03. The van der Waals surface area contributed by atoms with Crippen molar-refractivity contribution in [3.8, 4) is 5.75 Å². The molecule has 0 bridgehead atoms. The van der Waals surface area contributed by atoms with Crippen molar-refractivity contribution in [2.75, 3.05) is 19.8 Å². The second-order valence-corrected chi connectivity index (χ2v) is 5.95. The van der Waals surface area contributed by atoms with E-state index >= 15 is 0 Å². The first kappa shape index (κ1) is 15.8. The fourth-order valence-corrected chi connectivity index (χ4v) is 3.09. The number of carbonyl (C=O) groups excluding carboxylic acids is 1. The summed E-state index contributed by atoms with van der Waals surface area (Å²) in [5, 5.41) is 9.18. The van der Waals surface area contributed by atoms with Gasteiger partial charge in [-0.25, -0.2) is 4.79 Å². The van der Waals surface area contributed by atoms with E-state index in [1.54, 1.807) is 24.3 Å². The van der Waals surface area contributed by atoms with E-state index in [-0.39, 0.29) is 12.0 Å². The van der Waals surface area contributed by atoms with Crippen LogP contribution in [0.1, 0.15) is 36.0 Å². The van der Waals surface area contributed by atoms with Gasteiger partial charge < -0.3 is 19.5 Å². The van der Waals surface area contributed by atoms with E-state index in [0.717, 1.165) is 25.0 Å². The third-order valence-electron chi connectivity index (χ3n) is 4.37. The fraction of sp³-hybridized carbons (Fsp3) is 0.529. The monoisotopic (exact) mass is 319 g/mol. The van der Waals surface area contributed by atoms with Crippen molar-refractivity contribution in [2.24, 2.45) is 0 Å². The molecule has 1 atom stereocenters. The van der Waals surface area contributed by atoms with Crippen LogP contribution in [0.15, 0.2) is 24.3 Å². The zero-order valence-electron chi connectivity index (χ0n) is 12.9. The van der Waals surface area contributed by atoms with Crippen LogP contribution >= 0.6 is 0 Å². The highest BCUT2D eigenvalue weighted by Gasteiger charge is 2.34. The van der Waals surface area contributed by atoms with E-state index in [1.165, 1.54) is 4.90 Å². The first-order valence-corrected chi connectivity index (χ1v) is 8.03. The van der Waals surface area contributed by atoms with E-state index < -0.39 is 12.0 Å². The average Bonchev–Trinajstić information content (AvgIpc) is 3.06. The molecule has 0 spiro atoms. The summed E-state index contributed by atoms with van der Waals surface area (Å²) in [4.78, 5) is 25.1. The van der Waals surface area contributed by atoms with Gasteiger partial charge in [0.25, 0.3) is 5.91 Å². The molecule has 0 aromatic heterocycles. The molecule has 1 N–H and O–H groups in total. The van der Waals surface area contributed by atoms with E-state index in [0.29, 0.717) is 31.7 Å². The lowest BCUT2D eigenvalue weighted by atomic mass is 10.1. The summed E-state index contributed by atoms with van der Waals surface area (Å²) < 4.78 is 11.2. The molecule has 1 aromatic rings. The number of rotatable bonds is 4. The van der Waals surface area contributed by atoms with E-state index in [4.69, 9.17) is 9.47 Å². The van der Waals surface area contributed by atoms with Crippen molar-refractivity contribution in [3.63, 3.8) is 0 Å². The zero-order chi connectivity index (χ0) is 16.2. The number of carboxylic acids is 1. The van der Waals surface area contributed by atoms with Crippen LogP contribution in [0.25, 0.3) is 0 Å². The molecule has 6 heteroatoms.